The van der Waals surface area contributed by atoms with Crippen LogP contribution in [0.3, 0.4) is 0 Å². The van der Waals surface area contributed by atoms with E-state index in [-0.39, 0.29) is 0 Å². The molecule has 8 heteroatoms. The van der Waals surface area contributed by atoms with Gasteiger partial charge in [0.25, 0.3) is 5.69 Å². The fourth-order valence-corrected chi connectivity index (χ4v) is 1.61. The summed E-state index contributed by atoms with van der Waals surface area (Å²) in [6.45, 7) is 1.97. The molecule has 1 aromatic rings. The van der Waals surface area contributed by atoms with Crippen LogP contribution in [0.1, 0.15) is 19.8 Å². The van der Waals surface area contributed by atoms with Crippen molar-refractivity contribution in [2.75, 3.05) is 11.9 Å². The third-order valence-electron chi connectivity index (χ3n) is 2.81. The molecule has 0 radical (unpaired) electrons. The number of carbonyl (C=O) groups excluding carboxylic acids is 1. The Hall–Kier alpha value is -2.09. The molecular formula is C12H15F2N3O3. The second-order valence-corrected chi connectivity index (χ2v) is 4.33. The third kappa shape index (κ3) is 3.70. The monoisotopic (exact) mass is 287 g/mol. The number of halogens is 2. The molecule has 0 aromatic heterocycles. The molecule has 1 aromatic carbocycles. The smallest absolute Gasteiger partial charge is 0.296 e. The summed E-state index contributed by atoms with van der Waals surface area (Å²) < 4.78 is 26.7. The summed E-state index contributed by atoms with van der Waals surface area (Å²) in [5.74, 6) is -3.84. The number of anilines is 1. The van der Waals surface area contributed by atoms with Gasteiger partial charge < -0.3 is 11.1 Å². The lowest BCUT2D eigenvalue weighted by atomic mass is 10.0. The molecule has 0 aliphatic carbocycles. The fourth-order valence-electron chi connectivity index (χ4n) is 1.61. The maximum atomic E-state index is 13.6. The predicted octanol–water partition coefficient (Wildman–Crippen LogP) is 2.19. The molecule has 3 N–H and O–H groups in total. The van der Waals surface area contributed by atoms with Crippen molar-refractivity contribution in [3.8, 4) is 0 Å². The highest BCUT2D eigenvalue weighted by molar-refractivity contribution is 5.94. The predicted molar refractivity (Wildman–Crippen MR) is 69.1 cm³/mol. The minimum atomic E-state index is -1.45. The molecule has 0 aliphatic rings. The van der Waals surface area contributed by atoms with Crippen LogP contribution < -0.4 is 11.1 Å². The number of nitrogens with two attached hydrogens (primary N) is 1. The second kappa shape index (κ2) is 6.90. The van der Waals surface area contributed by atoms with Crippen molar-refractivity contribution in [2.45, 2.75) is 19.8 Å². The van der Waals surface area contributed by atoms with E-state index in [1.165, 1.54) is 0 Å². The number of hydrogen-bond acceptors (Lipinski definition) is 4. The van der Waals surface area contributed by atoms with Gasteiger partial charge in [0.05, 0.1) is 4.92 Å². The third-order valence-corrected chi connectivity index (χ3v) is 2.81. The van der Waals surface area contributed by atoms with Gasteiger partial charge in [-0.2, -0.15) is 0 Å². The molecule has 110 valence electrons. The van der Waals surface area contributed by atoms with Crippen LogP contribution in [0.5, 0.6) is 0 Å². The van der Waals surface area contributed by atoms with Crippen LogP contribution in [-0.2, 0) is 4.79 Å². The number of benzene rings is 1. The maximum Gasteiger partial charge on any atom is 0.296 e. The lowest BCUT2D eigenvalue weighted by Crippen LogP contribution is -2.22. The van der Waals surface area contributed by atoms with Gasteiger partial charge in [-0.25, -0.2) is 8.78 Å². The van der Waals surface area contributed by atoms with Crippen molar-refractivity contribution >= 4 is 17.3 Å². The second-order valence-electron chi connectivity index (χ2n) is 4.33. The first kappa shape index (κ1) is 16.0. The molecule has 0 saturated heterocycles. The molecule has 1 amide bonds. The van der Waals surface area contributed by atoms with Crippen LogP contribution in [0.25, 0.3) is 0 Å². The Kier molecular flexibility index (Phi) is 5.51. The van der Waals surface area contributed by atoms with Crippen molar-refractivity contribution in [3.63, 3.8) is 0 Å². The molecule has 0 aliphatic heterocycles. The number of hydrogen-bond donors (Lipinski definition) is 2. The zero-order valence-corrected chi connectivity index (χ0v) is 10.9. The van der Waals surface area contributed by atoms with Gasteiger partial charge in [-0.1, -0.05) is 6.92 Å². The quantitative estimate of drug-likeness (QED) is 0.619. The highest BCUT2D eigenvalue weighted by Crippen LogP contribution is 2.29. The van der Waals surface area contributed by atoms with E-state index in [2.05, 4.69) is 5.32 Å². The van der Waals surface area contributed by atoms with Crippen LogP contribution in [0.4, 0.5) is 20.2 Å². The van der Waals surface area contributed by atoms with Crippen LogP contribution in [-0.4, -0.2) is 17.4 Å². The van der Waals surface area contributed by atoms with E-state index in [1.807, 2.05) is 0 Å². The first-order valence-electron chi connectivity index (χ1n) is 6.01. The van der Waals surface area contributed by atoms with Crippen LogP contribution in [0, 0.1) is 27.7 Å². The molecule has 0 heterocycles. The first-order chi connectivity index (χ1) is 9.38. The highest BCUT2D eigenvalue weighted by Gasteiger charge is 2.24. The van der Waals surface area contributed by atoms with E-state index in [1.54, 1.807) is 6.92 Å². The summed E-state index contributed by atoms with van der Waals surface area (Å²) >= 11 is 0. The molecule has 0 bridgehead atoms. The van der Waals surface area contributed by atoms with E-state index in [4.69, 9.17) is 5.73 Å². The molecule has 0 saturated carbocycles. The van der Waals surface area contributed by atoms with E-state index in [0.29, 0.717) is 25.5 Å². The Morgan fingerprint density at radius 3 is 2.70 bits per heavy atom. The minimum absolute atomic E-state index is 0.395. The Balaban J connectivity index is 2.99. The van der Waals surface area contributed by atoms with Crippen LogP contribution >= 0.6 is 0 Å². The average Bonchev–Trinajstić information content (AvgIpc) is 2.40. The summed E-state index contributed by atoms with van der Waals surface area (Å²) in [6, 6.07) is 1.44. The van der Waals surface area contributed by atoms with Crippen molar-refractivity contribution < 1.29 is 18.5 Å². The Labute approximate surface area is 114 Å². The maximum absolute atomic E-state index is 13.6. The number of nitro groups is 1. The van der Waals surface area contributed by atoms with E-state index in [9.17, 15) is 23.7 Å². The van der Waals surface area contributed by atoms with E-state index < -0.39 is 39.8 Å². The van der Waals surface area contributed by atoms with Gasteiger partial charge in [-0.3, -0.25) is 14.9 Å². The standard InChI is InChI=1S/C12H15F2N3O3/c1-7(3-2-6-15)12(18)16-11-9(17(19)20)5-4-8(13)10(11)14/h4-5,7H,2-3,6,15H2,1H3,(H,16,18). The minimum Gasteiger partial charge on any atom is -0.330 e. The number of carbonyl (C=O) groups is 1. The molecule has 0 fully saturated rings. The average molecular weight is 287 g/mol. The molecular weight excluding hydrogens is 272 g/mol. The summed E-state index contributed by atoms with van der Waals surface area (Å²) in [4.78, 5) is 21.7. The number of amides is 1. The molecule has 20 heavy (non-hydrogen) atoms. The van der Waals surface area contributed by atoms with Gasteiger partial charge in [0.2, 0.25) is 5.91 Å². The molecule has 1 atom stereocenters. The van der Waals surface area contributed by atoms with E-state index >= 15 is 0 Å². The normalized spacial score (nSPS) is 12.0. The van der Waals surface area contributed by atoms with Crippen molar-refractivity contribution in [1.29, 1.82) is 0 Å². The Morgan fingerprint density at radius 1 is 1.50 bits per heavy atom. The van der Waals surface area contributed by atoms with Gasteiger partial charge in [-0.15, -0.1) is 0 Å². The van der Waals surface area contributed by atoms with Gasteiger partial charge in [-0.05, 0) is 25.5 Å². The number of nitrogens with one attached hydrogen (secondary N) is 1. The lowest BCUT2D eigenvalue weighted by Gasteiger charge is -2.12. The Morgan fingerprint density at radius 2 is 2.15 bits per heavy atom. The number of nitrogens with zero attached hydrogens (tertiary/aromatic N) is 1. The largest absolute Gasteiger partial charge is 0.330 e. The first-order valence-corrected chi connectivity index (χ1v) is 6.01. The van der Waals surface area contributed by atoms with Gasteiger partial charge in [0, 0.05) is 12.0 Å². The summed E-state index contributed by atoms with van der Waals surface area (Å²) in [6.07, 6.45) is 1.04. The van der Waals surface area contributed by atoms with Gasteiger partial charge in [0.1, 0.15) is 0 Å². The summed E-state index contributed by atoms with van der Waals surface area (Å²) in [7, 11) is 0. The summed E-state index contributed by atoms with van der Waals surface area (Å²) in [5.41, 5.74) is 3.86. The van der Waals surface area contributed by atoms with Crippen LogP contribution in [0.2, 0.25) is 0 Å². The highest BCUT2D eigenvalue weighted by atomic mass is 19.2. The van der Waals surface area contributed by atoms with Gasteiger partial charge >= 0.3 is 0 Å². The topological polar surface area (TPSA) is 98.3 Å². The van der Waals surface area contributed by atoms with Crippen molar-refractivity contribution in [3.05, 3.63) is 33.9 Å². The molecule has 1 rings (SSSR count). The molecule has 6 nitrogen and oxygen atoms in total. The molecule has 1 unspecified atom stereocenters. The fraction of sp³-hybridized carbons (Fsp3) is 0.417. The SMILES string of the molecule is CC(CCCN)C(=O)Nc1c([N+](=O)[O-])ccc(F)c1F. The Bertz CT molecular complexity index is 523. The van der Waals surface area contributed by atoms with Crippen LogP contribution in [0.15, 0.2) is 12.1 Å². The van der Waals surface area contributed by atoms with Gasteiger partial charge in [0.15, 0.2) is 17.3 Å². The van der Waals surface area contributed by atoms with Crippen molar-refractivity contribution in [2.24, 2.45) is 11.7 Å². The van der Waals surface area contributed by atoms with E-state index in [0.717, 1.165) is 6.07 Å². The zero-order chi connectivity index (χ0) is 15.3. The number of rotatable bonds is 6. The summed E-state index contributed by atoms with van der Waals surface area (Å²) in [5, 5.41) is 12.8. The molecule has 0 spiro atoms. The lowest BCUT2D eigenvalue weighted by molar-refractivity contribution is -0.384. The number of nitro benzene ring substituents is 1. The zero-order valence-electron chi connectivity index (χ0n) is 10.9. The van der Waals surface area contributed by atoms with Crippen molar-refractivity contribution in [1.82, 2.24) is 0 Å².